The summed E-state index contributed by atoms with van der Waals surface area (Å²) < 4.78 is 10.8. The first-order chi connectivity index (χ1) is 13.0. The van der Waals surface area contributed by atoms with Crippen molar-refractivity contribution >= 4 is 17.7 Å². The molecule has 2 aromatic rings. The number of primary amides is 1. The zero-order valence-electron chi connectivity index (χ0n) is 15.1. The molecule has 1 aliphatic heterocycles. The van der Waals surface area contributed by atoms with Gasteiger partial charge in [0.2, 0.25) is 5.91 Å². The molecule has 140 valence electrons. The van der Waals surface area contributed by atoms with E-state index in [4.69, 9.17) is 15.2 Å². The molecule has 0 spiro atoms. The van der Waals surface area contributed by atoms with Crippen molar-refractivity contribution in [2.45, 2.75) is 19.4 Å². The highest BCUT2D eigenvalue weighted by atomic mass is 16.5. The second kappa shape index (κ2) is 7.49. The average Bonchev–Trinajstić information content (AvgIpc) is 2.91. The van der Waals surface area contributed by atoms with Gasteiger partial charge in [-0.15, -0.1) is 0 Å². The van der Waals surface area contributed by atoms with Crippen molar-refractivity contribution < 1.29 is 23.9 Å². The summed E-state index contributed by atoms with van der Waals surface area (Å²) in [6.45, 7) is 2.31. The largest absolute Gasteiger partial charge is 0.493 e. The monoisotopic (exact) mass is 368 g/mol. The first-order valence-corrected chi connectivity index (χ1v) is 8.53. The number of benzene rings is 2. The van der Waals surface area contributed by atoms with Crippen LogP contribution in [0, 0.1) is 0 Å². The minimum atomic E-state index is -0.834. The van der Waals surface area contributed by atoms with Crippen molar-refractivity contribution in [3.63, 3.8) is 0 Å². The quantitative estimate of drug-likeness (QED) is 0.756. The molecule has 0 saturated carbocycles. The molecule has 3 amide bonds. The van der Waals surface area contributed by atoms with E-state index in [1.54, 1.807) is 42.5 Å². The molecule has 1 atom stereocenters. The number of carbonyl (C=O) groups is 3. The summed E-state index contributed by atoms with van der Waals surface area (Å²) in [6, 6.07) is 10.8. The lowest BCUT2D eigenvalue weighted by atomic mass is 10.0. The van der Waals surface area contributed by atoms with E-state index >= 15 is 0 Å². The summed E-state index contributed by atoms with van der Waals surface area (Å²) in [6.07, 6.45) is -0.192. The van der Waals surface area contributed by atoms with E-state index in [1.807, 2.05) is 6.92 Å². The number of rotatable bonds is 7. The van der Waals surface area contributed by atoms with Crippen LogP contribution >= 0.6 is 0 Å². The third-order valence-corrected chi connectivity index (χ3v) is 4.40. The maximum absolute atomic E-state index is 12.8. The van der Waals surface area contributed by atoms with Gasteiger partial charge >= 0.3 is 0 Å². The van der Waals surface area contributed by atoms with E-state index in [9.17, 15) is 14.4 Å². The Kier molecular flexibility index (Phi) is 5.12. The molecule has 0 saturated heterocycles. The van der Waals surface area contributed by atoms with E-state index in [-0.39, 0.29) is 6.42 Å². The van der Waals surface area contributed by atoms with Gasteiger partial charge in [-0.3, -0.25) is 19.3 Å². The summed E-state index contributed by atoms with van der Waals surface area (Å²) in [5.74, 6) is -0.543. The Bertz CT molecular complexity index is 874. The third kappa shape index (κ3) is 3.36. The van der Waals surface area contributed by atoms with Crippen molar-refractivity contribution in [1.82, 2.24) is 4.90 Å². The highest BCUT2D eigenvalue weighted by molar-refractivity contribution is 6.21. The SMILES string of the molecule is CCOc1ccc(C(CC(N)=O)N2C(=O)c3ccccc3C2=O)cc1OC. The van der Waals surface area contributed by atoms with Crippen molar-refractivity contribution in [1.29, 1.82) is 0 Å². The van der Waals surface area contributed by atoms with Gasteiger partial charge in [0.25, 0.3) is 11.8 Å². The van der Waals surface area contributed by atoms with Crippen LogP contribution in [-0.4, -0.2) is 36.3 Å². The van der Waals surface area contributed by atoms with Gasteiger partial charge in [0, 0.05) is 0 Å². The van der Waals surface area contributed by atoms with Crippen LogP contribution in [0.5, 0.6) is 11.5 Å². The zero-order chi connectivity index (χ0) is 19.6. The van der Waals surface area contributed by atoms with E-state index < -0.39 is 23.8 Å². The van der Waals surface area contributed by atoms with E-state index in [2.05, 4.69) is 0 Å². The maximum atomic E-state index is 12.8. The molecule has 2 N–H and O–H groups in total. The molecule has 27 heavy (non-hydrogen) atoms. The van der Waals surface area contributed by atoms with Gasteiger partial charge in [-0.05, 0) is 36.8 Å². The second-order valence-corrected chi connectivity index (χ2v) is 6.06. The molecule has 1 aliphatic rings. The first-order valence-electron chi connectivity index (χ1n) is 8.53. The molecule has 0 radical (unpaired) electrons. The summed E-state index contributed by atoms with van der Waals surface area (Å²) in [5, 5.41) is 0. The van der Waals surface area contributed by atoms with Gasteiger partial charge in [-0.25, -0.2) is 0 Å². The number of hydrogen-bond acceptors (Lipinski definition) is 5. The van der Waals surface area contributed by atoms with Crippen molar-refractivity contribution in [2.24, 2.45) is 5.73 Å². The van der Waals surface area contributed by atoms with E-state index in [1.165, 1.54) is 7.11 Å². The summed E-state index contributed by atoms with van der Waals surface area (Å²) >= 11 is 0. The topological polar surface area (TPSA) is 98.9 Å². The molecule has 0 aromatic heterocycles. The Balaban J connectivity index is 2.05. The molecule has 7 nitrogen and oxygen atoms in total. The fourth-order valence-corrected chi connectivity index (χ4v) is 3.21. The number of methoxy groups -OCH3 is 1. The second-order valence-electron chi connectivity index (χ2n) is 6.06. The van der Waals surface area contributed by atoms with Crippen molar-refractivity contribution in [2.75, 3.05) is 13.7 Å². The van der Waals surface area contributed by atoms with Gasteiger partial charge in [0.15, 0.2) is 11.5 Å². The molecule has 1 unspecified atom stereocenters. The highest BCUT2D eigenvalue weighted by Crippen LogP contribution is 2.37. The van der Waals surface area contributed by atoms with Gasteiger partial charge in [0.1, 0.15) is 0 Å². The average molecular weight is 368 g/mol. The molecule has 0 bridgehead atoms. The fraction of sp³-hybridized carbons (Fsp3) is 0.250. The molecular formula is C20H20N2O5. The smallest absolute Gasteiger partial charge is 0.262 e. The lowest BCUT2D eigenvalue weighted by Gasteiger charge is -2.26. The maximum Gasteiger partial charge on any atom is 0.262 e. The molecule has 0 fully saturated rings. The van der Waals surface area contributed by atoms with Gasteiger partial charge in [-0.1, -0.05) is 18.2 Å². The van der Waals surface area contributed by atoms with Crippen LogP contribution < -0.4 is 15.2 Å². The molecule has 3 rings (SSSR count). The Hall–Kier alpha value is -3.35. The number of nitrogens with two attached hydrogens (primary N) is 1. The number of amides is 3. The fourth-order valence-electron chi connectivity index (χ4n) is 3.21. The first kappa shape index (κ1) is 18.4. The molecule has 2 aromatic carbocycles. The predicted molar refractivity (Wildman–Crippen MR) is 97.7 cm³/mol. The molecule has 7 heteroatoms. The minimum absolute atomic E-state index is 0.192. The summed E-state index contributed by atoms with van der Waals surface area (Å²) in [5.41, 5.74) is 6.59. The number of hydrogen-bond donors (Lipinski definition) is 1. The van der Waals surface area contributed by atoms with Crippen LogP contribution in [0.3, 0.4) is 0 Å². The van der Waals surface area contributed by atoms with Gasteiger partial charge in [-0.2, -0.15) is 0 Å². The normalized spacial score (nSPS) is 14.1. The van der Waals surface area contributed by atoms with Crippen molar-refractivity contribution in [3.8, 4) is 11.5 Å². The zero-order valence-corrected chi connectivity index (χ0v) is 15.1. The van der Waals surface area contributed by atoms with E-state index in [0.29, 0.717) is 34.8 Å². The number of nitrogens with zero attached hydrogens (tertiary/aromatic N) is 1. The predicted octanol–water partition coefficient (Wildman–Crippen LogP) is 2.31. The van der Waals surface area contributed by atoms with Crippen LogP contribution in [0.4, 0.5) is 0 Å². The number of imide groups is 1. The van der Waals surface area contributed by atoms with Gasteiger partial charge in [0.05, 0.1) is 37.3 Å². The lowest BCUT2D eigenvalue weighted by molar-refractivity contribution is -0.118. The number of carbonyl (C=O) groups excluding carboxylic acids is 3. The summed E-state index contributed by atoms with van der Waals surface area (Å²) in [4.78, 5) is 38.4. The Morgan fingerprint density at radius 1 is 1.07 bits per heavy atom. The molecule has 1 heterocycles. The lowest BCUT2D eigenvalue weighted by Crippen LogP contribution is -2.36. The van der Waals surface area contributed by atoms with Gasteiger partial charge < -0.3 is 15.2 Å². The number of ether oxygens (including phenoxy) is 2. The number of fused-ring (bicyclic) bond motifs is 1. The molecule has 0 aliphatic carbocycles. The summed E-state index contributed by atoms with van der Waals surface area (Å²) in [7, 11) is 1.49. The van der Waals surface area contributed by atoms with Crippen molar-refractivity contribution in [3.05, 3.63) is 59.2 Å². The van der Waals surface area contributed by atoms with E-state index in [0.717, 1.165) is 4.90 Å². The Labute approximate surface area is 156 Å². The van der Waals surface area contributed by atoms with Crippen LogP contribution in [0.25, 0.3) is 0 Å². The van der Waals surface area contributed by atoms with Crippen LogP contribution in [0.2, 0.25) is 0 Å². The Morgan fingerprint density at radius 2 is 1.70 bits per heavy atom. The Morgan fingerprint density at radius 3 is 2.22 bits per heavy atom. The standard InChI is InChI=1S/C20H20N2O5/c1-3-27-16-9-8-12(10-17(16)26-2)15(11-18(21)23)22-19(24)13-6-4-5-7-14(13)20(22)25/h4-10,15H,3,11H2,1-2H3,(H2,21,23). The minimum Gasteiger partial charge on any atom is -0.493 e. The van der Waals surface area contributed by atoms with Crippen LogP contribution in [-0.2, 0) is 4.79 Å². The van der Waals surface area contributed by atoms with Crippen LogP contribution in [0.1, 0.15) is 45.7 Å². The third-order valence-electron chi connectivity index (χ3n) is 4.40. The van der Waals surface area contributed by atoms with Crippen LogP contribution in [0.15, 0.2) is 42.5 Å². The molecular weight excluding hydrogens is 348 g/mol. The highest BCUT2D eigenvalue weighted by Gasteiger charge is 2.41.